The Morgan fingerprint density at radius 1 is 1.56 bits per heavy atom. The Morgan fingerprint density at radius 3 is 2.67 bits per heavy atom. The lowest BCUT2D eigenvalue weighted by atomic mass is 10.2. The molecule has 0 radical (unpaired) electrons. The van der Waals surface area contributed by atoms with Gasteiger partial charge in [0, 0.05) is 12.3 Å². The SMILES string of the molecule is CC(CS(C)(=O)=O)Nc1ccc(C#N)c(Br)c1F. The molecule has 0 aliphatic rings. The van der Waals surface area contributed by atoms with E-state index in [1.807, 2.05) is 6.07 Å². The van der Waals surface area contributed by atoms with Crippen molar-refractivity contribution in [3.63, 3.8) is 0 Å². The molecule has 1 aromatic carbocycles. The lowest BCUT2D eigenvalue weighted by Gasteiger charge is -2.15. The topological polar surface area (TPSA) is 70.0 Å². The standard InChI is InChI=1S/C11H12BrFN2O2S/c1-7(6-18(2,16)17)15-9-4-3-8(5-14)10(12)11(9)13/h3-4,7,15H,6H2,1-2H3. The second kappa shape index (κ2) is 5.67. The van der Waals surface area contributed by atoms with E-state index in [2.05, 4.69) is 21.2 Å². The maximum Gasteiger partial charge on any atom is 0.161 e. The van der Waals surface area contributed by atoms with E-state index < -0.39 is 21.7 Å². The third-order valence-electron chi connectivity index (χ3n) is 2.16. The van der Waals surface area contributed by atoms with Crippen molar-refractivity contribution in [2.75, 3.05) is 17.3 Å². The second-order valence-corrected chi connectivity index (χ2v) is 7.02. The number of nitrogens with zero attached hydrogens (tertiary/aromatic N) is 1. The molecule has 0 aliphatic heterocycles. The number of hydrogen-bond donors (Lipinski definition) is 1. The highest BCUT2D eigenvalue weighted by Gasteiger charge is 2.15. The quantitative estimate of drug-likeness (QED) is 0.917. The monoisotopic (exact) mass is 334 g/mol. The van der Waals surface area contributed by atoms with Crippen LogP contribution in [0.3, 0.4) is 0 Å². The number of benzene rings is 1. The number of sulfone groups is 1. The average molecular weight is 335 g/mol. The number of anilines is 1. The highest BCUT2D eigenvalue weighted by Crippen LogP contribution is 2.27. The van der Waals surface area contributed by atoms with Crippen molar-refractivity contribution in [3.8, 4) is 6.07 Å². The number of nitrogens with one attached hydrogen (secondary N) is 1. The molecule has 0 heterocycles. The largest absolute Gasteiger partial charge is 0.379 e. The van der Waals surface area contributed by atoms with E-state index in [0.29, 0.717) is 0 Å². The van der Waals surface area contributed by atoms with Crippen molar-refractivity contribution < 1.29 is 12.8 Å². The van der Waals surface area contributed by atoms with Gasteiger partial charge in [-0.3, -0.25) is 0 Å². The van der Waals surface area contributed by atoms with Crippen LogP contribution in [0.2, 0.25) is 0 Å². The molecular weight excluding hydrogens is 323 g/mol. The molecule has 1 atom stereocenters. The Labute approximate surface area is 114 Å². The summed E-state index contributed by atoms with van der Waals surface area (Å²) in [6.45, 7) is 1.65. The van der Waals surface area contributed by atoms with Crippen LogP contribution >= 0.6 is 15.9 Å². The molecule has 0 saturated heterocycles. The van der Waals surface area contributed by atoms with Gasteiger partial charge < -0.3 is 5.32 Å². The fourth-order valence-corrected chi connectivity index (χ4v) is 2.93. The summed E-state index contributed by atoms with van der Waals surface area (Å²) >= 11 is 2.99. The third-order valence-corrected chi connectivity index (χ3v) is 4.04. The normalized spacial score (nSPS) is 12.8. The first-order chi connectivity index (χ1) is 8.24. The molecule has 7 heteroatoms. The van der Waals surface area contributed by atoms with Gasteiger partial charge in [-0.25, -0.2) is 12.8 Å². The molecule has 18 heavy (non-hydrogen) atoms. The van der Waals surface area contributed by atoms with Crippen LogP contribution in [0.1, 0.15) is 12.5 Å². The zero-order chi connectivity index (χ0) is 13.9. The summed E-state index contributed by atoms with van der Waals surface area (Å²) in [5, 5.41) is 11.5. The minimum atomic E-state index is -3.13. The Balaban J connectivity index is 2.94. The van der Waals surface area contributed by atoms with Crippen LogP contribution < -0.4 is 5.32 Å². The summed E-state index contributed by atoms with van der Waals surface area (Å²) in [6, 6.07) is 4.30. The maximum absolute atomic E-state index is 13.8. The van der Waals surface area contributed by atoms with Gasteiger partial charge >= 0.3 is 0 Å². The summed E-state index contributed by atoms with van der Waals surface area (Å²) in [4.78, 5) is 0. The van der Waals surface area contributed by atoms with Gasteiger partial charge in [0.05, 0.1) is 21.5 Å². The smallest absolute Gasteiger partial charge is 0.161 e. The summed E-state index contributed by atoms with van der Waals surface area (Å²) < 4.78 is 36.1. The van der Waals surface area contributed by atoms with Crippen LogP contribution in [0.15, 0.2) is 16.6 Å². The second-order valence-electron chi connectivity index (χ2n) is 4.04. The molecule has 1 rings (SSSR count). The third kappa shape index (κ3) is 3.96. The zero-order valence-electron chi connectivity index (χ0n) is 9.87. The van der Waals surface area contributed by atoms with Gasteiger partial charge in [-0.05, 0) is 35.0 Å². The Morgan fingerprint density at radius 2 is 2.17 bits per heavy atom. The number of hydrogen-bond acceptors (Lipinski definition) is 4. The van der Waals surface area contributed by atoms with Crippen molar-refractivity contribution in [1.29, 1.82) is 5.26 Å². The van der Waals surface area contributed by atoms with E-state index >= 15 is 0 Å². The van der Waals surface area contributed by atoms with E-state index in [1.54, 1.807) is 6.92 Å². The van der Waals surface area contributed by atoms with Crippen molar-refractivity contribution in [3.05, 3.63) is 28.0 Å². The molecule has 0 aromatic heterocycles. The van der Waals surface area contributed by atoms with Crippen molar-refractivity contribution in [2.24, 2.45) is 0 Å². The molecule has 0 saturated carbocycles. The van der Waals surface area contributed by atoms with E-state index in [-0.39, 0.29) is 21.5 Å². The van der Waals surface area contributed by atoms with Crippen LogP contribution in [0, 0.1) is 17.1 Å². The number of halogens is 2. The molecule has 0 spiro atoms. The van der Waals surface area contributed by atoms with E-state index in [9.17, 15) is 12.8 Å². The molecular formula is C11H12BrFN2O2S. The minimum absolute atomic E-state index is 0.0709. The van der Waals surface area contributed by atoms with E-state index in [0.717, 1.165) is 6.26 Å². The summed E-state index contributed by atoms with van der Waals surface area (Å²) in [5.41, 5.74) is 0.353. The maximum atomic E-state index is 13.8. The highest BCUT2D eigenvalue weighted by atomic mass is 79.9. The molecule has 0 bridgehead atoms. The Hall–Kier alpha value is -1.13. The molecule has 0 aliphatic carbocycles. The predicted octanol–water partition coefficient (Wildman–Crippen LogP) is 2.30. The first-order valence-electron chi connectivity index (χ1n) is 5.07. The van der Waals surface area contributed by atoms with Gasteiger partial charge in [-0.1, -0.05) is 0 Å². The van der Waals surface area contributed by atoms with Crippen molar-refractivity contribution in [1.82, 2.24) is 0 Å². The molecule has 1 N–H and O–H groups in total. The Bertz CT molecular complexity index is 596. The molecule has 0 amide bonds. The van der Waals surface area contributed by atoms with Crippen LogP contribution in [-0.4, -0.2) is 26.5 Å². The zero-order valence-corrected chi connectivity index (χ0v) is 12.3. The molecule has 1 unspecified atom stereocenters. The van der Waals surface area contributed by atoms with Gasteiger partial charge in [0.25, 0.3) is 0 Å². The van der Waals surface area contributed by atoms with Gasteiger partial charge in [-0.2, -0.15) is 5.26 Å². The minimum Gasteiger partial charge on any atom is -0.379 e. The number of rotatable bonds is 4. The van der Waals surface area contributed by atoms with Crippen LogP contribution in [0.25, 0.3) is 0 Å². The summed E-state index contributed by atoms with van der Waals surface area (Å²) in [5.74, 6) is -0.696. The van der Waals surface area contributed by atoms with E-state index in [1.165, 1.54) is 12.1 Å². The van der Waals surface area contributed by atoms with Crippen molar-refractivity contribution >= 4 is 31.5 Å². The van der Waals surface area contributed by atoms with Gasteiger partial charge in [0.2, 0.25) is 0 Å². The van der Waals surface area contributed by atoms with Crippen LogP contribution in [-0.2, 0) is 9.84 Å². The van der Waals surface area contributed by atoms with Gasteiger partial charge in [0.1, 0.15) is 15.9 Å². The predicted molar refractivity (Wildman–Crippen MR) is 71.6 cm³/mol. The Kier molecular flexibility index (Phi) is 4.71. The molecule has 98 valence electrons. The van der Waals surface area contributed by atoms with Crippen molar-refractivity contribution in [2.45, 2.75) is 13.0 Å². The van der Waals surface area contributed by atoms with Crippen LogP contribution in [0.4, 0.5) is 10.1 Å². The van der Waals surface area contributed by atoms with E-state index in [4.69, 9.17) is 5.26 Å². The molecule has 0 fully saturated rings. The molecule has 1 aromatic rings. The first-order valence-corrected chi connectivity index (χ1v) is 7.92. The summed E-state index contributed by atoms with van der Waals surface area (Å²) in [6.07, 6.45) is 1.12. The lowest BCUT2D eigenvalue weighted by Crippen LogP contribution is -2.25. The lowest BCUT2D eigenvalue weighted by molar-refractivity contribution is 0.596. The fraction of sp³-hybridized carbons (Fsp3) is 0.364. The first kappa shape index (κ1) is 14.9. The average Bonchev–Trinajstić information content (AvgIpc) is 2.22. The fourth-order valence-electron chi connectivity index (χ4n) is 1.51. The van der Waals surface area contributed by atoms with Gasteiger partial charge in [-0.15, -0.1) is 0 Å². The highest BCUT2D eigenvalue weighted by molar-refractivity contribution is 9.10. The van der Waals surface area contributed by atoms with Crippen LogP contribution in [0.5, 0.6) is 0 Å². The van der Waals surface area contributed by atoms with Gasteiger partial charge in [0.15, 0.2) is 5.82 Å². The summed E-state index contributed by atoms with van der Waals surface area (Å²) in [7, 11) is -3.13. The molecule has 4 nitrogen and oxygen atoms in total. The number of nitriles is 1.